The minimum absolute atomic E-state index is 0.0348. The Kier molecular flexibility index (Phi) is 6.68. The summed E-state index contributed by atoms with van der Waals surface area (Å²) < 4.78 is 11.0. The number of amides is 1. The molecule has 0 bridgehead atoms. The highest BCUT2D eigenvalue weighted by Crippen LogP contribution is 2.35. The molecule has 0 unspecified atom stereocenters. The van der Waals surface area contributed by atoms with E-state index in [1.165, 1.54) is 11.8 Å². The first-order chi connectivity index (χ1) is 13.2. The number of benzene rings is 2. The van der Waals surface area contributed by atoms with Crippen LogP contribution in [-0.2, 0) is 9.53 Å². The molecule has 3 rings (SSSR count). The van der Waals surface area contributed by atoms with Crippen molar-refractivity contribution in [2.24, 2.45) is 0 Å². The quantitative estimate of drug-likeness (QED) is 0.590. The van der Waals surface area contributed by atoms with Crippen LogP contribution in [0.1, 0.15) is 6.92 Å². The van der Waals surface area contributed by atoms with Gasteiger partial charge >= 0.3 is 0 Å². The molecule has 140 valence electrons. The highest BCUT2D eigenvalue weighted by Gasteiger charge is 2.18. The van der Waals surface area contributed by atoms with Gasteiger partial charge in [0.1, 0.15) is 5.69 Å². The van der Waals surface area contributed by atoms with E-state index in [1.54, 1.807) is 7.11 Å². The van der Waals surface area contributed by atoms with Crippen LogP contribution >= 0.6 is 11.8 Å². The second-order valence-corrected chi connectivity index (χ2v) is 7.03. The molecule has 0 fully saturated rings. The number of nitrogens with one attached hydrogen (secondary N) is 1. The zero-order chi connectivity index (χ0) is 19.1. The van der Waals surface area contributed by atoms with E-state index in [0.29, 0.717) is 17.6 Å². The lowest BCUT2D eigenvalue weighted by Gasteiger charge is -2.11. The smallest absolute Gasteiger partial charge is 0.257 e. The molecule has 6 heteroatoms. The van der Waals surface area contributed by atoms with E-state index in [2.05, 4.69) is 10.3 Å². The Bertz CT molecular complexity index is 809. The van der Waals surface area contributed by atoms with Crippen LogP contribution in [0.4, 0.5) is 0 Å². The standard InChI is InChI=1S/C21H22N2O3S/c1-15(13-25-2)22-18(24)14-27-21-23-19(16-9-5-3-6-10-16)20(26-21)17-11-7-4-8-12-17/h3-12,15H,13-14H2,1-2H3,(H,22,24)/t15-/m0/s1. The number of ether oxygens (including phenoxy) is 1. The lowest BCUT2D eigenvalue weighted by molar-refractivity contribution is -0.119. The van der Waals surface area contributed by atoms with E-state index < -0.39 is 0 Å². The summed E-state index contributed by atoms with van der Waals surface area (Å²) in [5, 5.41) is 3.36. The summed E-state index contributed by atoms with van der Waals surface area (Å²) in [5.74, 6) is 0.861. The molecule has 0 saturated carbocycles. The number of rotatable bonds is 8. The van der Waals surface area contributed by atoms with Crippen LogP contribution in [0.3, 0.4) is 0 Å². The second-order valence-electron chi connectivity index (χ2n) is 6.10. The average molecular weight is 382 g/mol. The van der Waals surface area contributed by atoms with Crippen molar-refractivity contribution in [3.05, 3.63) is 60.7 Å². The molecule has 0 aliphatic rings. The van der Waals surface area contributed by atoms with Gasteiger partial charge in [-0.05, 0) is 6.92 Å². The lowest BCUT2D eigenvalue weighted by atomic mass is 10.1. The molecule has 1 atom stereocenters. The Hall–Kier alpha value is -2.57. The molecule has 3 aromatic rings. The molecule has 0 aliphatic heterocycles. The van der Waals surface area contributed by atoms with Crippen LogP contribution in [0, 0.1) is 0 Å². The third-order valence-corrected chi connectivity index (χ3v) is 4.67. The molecule has 0 saturated heterocycles. The maximum absolute atomic E-state index is 12.1. The van der Waals surface area contributed by atoms with E-state index in [0.717, 1.165) is 16.8 Å². The van der Waals surface area contributed by atoms with Crippen molar-refractivity contribution in [1.82, 2.24) is 10.3 Å². The molecule has 0 spiro atoms. The van der Waals surface area contributed by atoms with Crippen molar-refractivity contribution in [2.45, 2.75) is 18.2 Å². The number of carbonyl (C=O) groups is 1. The summed E-state index contributed by atoms with van der Waals surface area (Å²) in [4.78, 5) is 16.7. The van der Waals surface area contributed by atoms with Gasteiger partial charge in [-0.3, -0.25) is 4.79 Å². The maximum atomic E-state index is 12.1. The van der Waals surface area contributed by atoms with Gasteiger partial charge in [-0.25, -0.2) is 4.98 Å². The van der Waals surface area contributed by atoms with Gasteiger partial charge < -0.3 is 14.5 Å². The zero-order valence-electron chi connectivity index (χ0n) is 15.3. The van der Waals surface area contributed by atoms with Gasteiger partial charge in [0, 0.05) is 24.3 Å². The Morgan fingerprint density at radius 1 is 1.11 bits per heavy atom. The van der Waals surface area contributed by atoms with Gasteiger partial charge in [-0.2, -0.15) is 0 Å². The highest BCUT2D eigenvalue weighted by atomic mass is 32.2. The first-order valence-corrected chi connectivity index (χ1v) is 9.68. The average Bonchev–Trinajstić information content (AvgIpc) is 3.12. The zero-order valence-corrected chi connectivity index (χ0v) is 16.2. The summed E-state index contributed by atoms with van der Waals surface area (Å²) in [6.07, 6.45) is 0. The fourth-order valence-electron chi connectivity index (χ4n) is 2.67. The summed E-state index contributed by atoms with van der Waals surface area (Å²) in [6, 6.07) is 19.7. The Labute approximate surface area is 163 Å². The van der Waals surface area contributed by atoms with Crippen LogP contribution in [-0.4, -0.2) is 36.4 Å². The van der Waals surface area contributed by atoms with Crippen molar-refractivity contribution in [3.63, 3.8) is 0 Å². The molecule has 1 aromatic heterocycles. The molecule has 0 aliphatic carbocycles. The number of methoxy groups -OCH3 is 1. The third kappa shape index (κ3) is 5.21. The van der Waals surface area contributed by atoms with Crippen molar-refractivity contribution in [3.8, 4) is 22.6 Å². The van der Waals surface area contributed by atoms with E-state index in [-0.39, 0.29) is 17.7 Å². The molecule has 5 nitrogen and oxygen atoms in total. The molecule has 0 radical (unpaired) electrons. The summed E-state index contributed by atoms with van der Waals surface area (Å²) in [6.45, 7) is 2.38. The number of oxazole rings is 1. The molecule has 1 heterocycles. The molecular formula is C21H22N2O3S. The second kappa shape index (κ2) is 9.39. The van der Waals surface area contributed by atoms with Crippen LogP contribution in [0.2, 0.25) is 0 Å². The van der Waals surface area contributed by atoms with E-state index in [4.69, 9.17) is 9.15 Å². The summed E-state index contributed by atoms with van der Waals surface area (Å²) >= 11 is 1.28. The summed E-state index contributed by atoms with van der Waals surface area (Å²) in [7, 11) is 1.61. The normalized spacial score (nSPS) is 11.9. The van der Waals surface area contributed by atoms with Gasteiger partial charge in [0.25, 0.3) is 5.22 Å². The van der Waals surface area contributed by atoms with Gasteiger partial charge in [-0.1, -0.05) is 72.4 Å². The third-order valence-electron chi connectivity index (χ3n) is 3.84. The minimum atomic E-state index is -0.0785. The number of hydrogen-bond donors (Lipinski definition) is 1. The first-order valence-electron chi connectivity index (χ1n) is 8.70. The topological polar surface area (TPSA) is 64.4 Å². The maximum Gasteiger partial charge on any atom is 0.257 e. The van der Waals surface area contributed by atoms with Gasteiger partial charge in [0.2, 0.25) is 5.91 Å². The SMILES string of the molecule is COC[C@H](C)NC(=O)CSc1nc(-c2ccccc2)c(-c2ccccc2)o1. The molecule has 1 amide bonds. The molecule has 1 N–H and O–H groups in total. The van der Waals surface area contributed by atoms with Crippen molar-refractivity contribution in [1.29, 1.82) is 0 Å². The monoisotopic (exact) mass is 382 g/mol. The van der Waals surface area contributed by atoms with Crippen LogP contribution in [0.25, 0.3) is 22.6 Å². The van der Waals surface area contributed by atoms with Crippen molar-refractivity contribution < 1.29 is 13.9 Å². The van der Waals surface area contributed by atoms with Crippen LogP contribution in [0.15, 0.2) is 70.3 Å². The van der Waals surface area contributed by atoms with Crippen molar-refractivity contribution >= 4 is 17.7 Å². The van der Waals surface area contributed by atoms with E-state index in [9.17, 15) is 4.79 Å². The number of aromatic nitrogens is 1. The first kappa shape index (κ1) is 19.2. The number of hydrogen-bond acceptors (Lipinski definition) is 5. The molecule has 27 heavy (non-hydrogen) atoms. The summed E-state index contributed by atoms with van der Waals surface area (Å²) in [5.41, 5.74) is 2.71. The van der Waals surface area contributed by atoms with Crippen molar-refractivity contribution in [2.75, 3.05) is 19.5 Å². The largest absolute Gasteiger partial charge is 0.431 e. The highest BCUT2D eigenvalue weighted by molar-refractivity contribution is 7.99. The van der Waals surface area contributed by atoms with Crippen LogP contribution < -0.4 is 5.32 Å². The molecule has 2 aromatic carbocycles. The Morgan fingerprint density at radius 2 is 1.74 bits per heavy atom. The Balaban J connectivity index is 1.79. The van der Waals surface area contributed by atoms with Crippen LogP contribution in [0.5, 0.6) is 0 Å². The lowest BCUT2D eigenvalue weighted by Crippen LogP contribution is -2.36. The van der Waals surface area contributed by atoms with E-state index in [1.807, 2.05) is 67.6 Å². The van der Waals surface area contributed by atoms with Gasteiger partial charge in [0.05, 0.1) is 12.4 Å². The number of carbonyl (C=O) groups excluding carboxylic acids is 1. The predicted molar refractivity (Wildman–Crippen MR) is 108 cm³/mol. The fourth-order valence-corrected chi connectivity index (χ4v) is 3.31. The minimum Gasteiger partial charge on any atom is -0.431 e. The van der Waals surface area contributed by atoms with E-state index >= 15 is 0 Å². The number of nitrogens with zero attached hydrogens (tertiary/aromatic N) is 1. The molecular weight excluding hydrogens is 360 g/mol. The predicted octanol–water partition coefficient (Wildman–Crippen LogP) is 4.25. The van der Waals surface area contributed by atoms with Gasteiger partial charge in [0.15, 0.2) is 5.76 Å². The fraction of sp³-hybridized carbons (Fsp3) is 0.238. The van der Waals surface area contributed by atoms with Gasteiger partial charge in [-0.15, -0.1) is 0 Å². The Morgan fingerprint density at radius 3 is 2.37 bits per heavy atom. The number of thioether (sulfide) groups is 1.